The average molecular weight is 241 g/mol. The summed E-state index contributed by atoms with van der Waals surface area (Å²) >= 11 is 0. The first-order valence-corrected chi connectivity index (χ1v) is 6.67. The predicted octanol–water partition coefficient (Wildman–Crippen LogP) is 2.69. The van der Waals surface area contributed by atoms with E-state index < -0.39 is 0 Å². The molecule has 3 rings (SSSR count). The minimum absolute atomic E-state index is 0.533. The number of piperidine rings is 1. The first kappa shape index (κ1) is 11.5. The third kappa shape index (κ3) is 1.95. The zero-order valence-electron chi connectivity index (χ0n) is 10.6. The van der Waals surface area contributed by atoms with Gasteiger partial charge >= 0.3 is 0 Å². The van der Waals surface area contributed by atoms with Crippen LogP contribution in [0.25, 0.3) is 11.0 Å². The van der Waals surface area contributed by atoms with Gasteiger partial charge in [-0.2, -0.15) is 0 Å². The minimum atomic E-state index is 0.533. The van der Waals surface area contributed by atoms with Crippen LogP contribution in [0.5, 0.6) is 0 Å². The fraction of sp³-hybridized carbons (Fsp3) is 0.400. The molecule has 1 unspecified atom stereocenters. The van der Waals surface area contributed by atoms with Gasteiger partial charge < -0.3 is 9.88 Å². The molecule has 3 heteroatoms. The van der Waals surface area contributed by atoms with E-state index in [0.717, 1.165) is 25.2 Å². The molecule has 0 spiro atoms. The lowest BCUT2D eigenvalue weighted by Crippen LogP contribution is -2.30. The molecule has 1 N–H and O–H groups in total. The van der Waals surface area contributed by atoms with Crippen molar-refractivity contribution in [2.45, 2.75) is 25.3 Å². The number of para-hydroxylation sites is 2. The van der Waals surface area contributed by atoms with Gasteiger partial charge in [-0.05, 0) is 31.5 Å². The topological polar surface area (TPSA) is 29.9 Å². The Balaban J connectivity index is 2.08. The zero-order chi connectivity index (χ0) is 12.4. The van der Waals surface area contributed by atoms with Crippen LogP contribution in [-0.2, 0) is 6.54 Å². The molecule has 1 aliphatic heterocycles. The maximum atomic E-state index is 4.83. The molecule has 2 aromatic rings. The number of allylic oxidation sites excluding steroid dienone is 1. The van der Waals surface area contributed by atoms with Crippen LogP contribution in [0.15, 0.2) is 36.9 Å². The Hall–Kier alpha value is -1.61. The maximum Gasteiger partial charge on any atom is 0.114 e. The first-order chi connectivity index (χ1) is 8.90. The number of imidazole rings is 1. The highest BCUT2D eigenvalue weighted by atomic mass is 15.1. The second-order valence-electron chi connectivity index (χ2n) is 4.90. The molecule has 0 bridgehead atoms. The van der Waals surface area contributed by atoms with Crippen LogP contribution in [0.4, 0.5) is 0 Å². The molecule has 0 amide bonds. The number of nitrogens with zero attached hydrogens (tertiary/aromatic N) is 2. The standard InChI is InChI=1S/C15H19N3/c1-2-10-18-14-8-4-3-7-13(14)17-15(18)12-6-5-9-16-11-12/h2-4,7-8,12,16H,1,5-6,9-11H2. The van der Waals surface area contributed by atoms with Crippen molar-refractivity contribution in [2.24, 2.45) is 0 Å². The summed E-state index contributed by atoms with van der Waals surface area (Å²) in [6.07, 6.45) is 4.42. The van der Waals surface area contributed by atoms with E-state index in [4.69, 9.17) is 4.98 Å². The summed E-state index contributed by atoms with van der Waals surface area (Å²) < 4.78 is 2.31. The lowest BCUT2D eigenvalue weighted by Gasteiger charge is -2.23. The number of rotatable bonds is 3. The number of benzene rings is 1. The van der Waals surface area contributed by atoms with Crippen molar-refractivity contribution in [1.29, 1.82) is 0 Å². The van der Waals surface area contributed by atoms with Crippen molar-refractivity contribution in [3.8, 4) is 0 Å². The van der Waals surface area contributed by atoms with Crippen LogP contribution in [0.1, 0.15) is 24.6 Å². The molecule has 1 aromatic carbocycles. The molecule has 1 atom stereocenters. The number of hydrogen-bond acceptors (Lipinski definition) is 2. The van der Waals surface area contributed by atoms with Crippen molar-refractivity contribution >= 4 is 11.0 Å². The van der Waals surface area contributed by atoms with E-state index >= 15 is 0 Å². The van der Waals surface area contributed by atoms with E-state index in [-0.39, 0.29) is 0 Å². The van der Waals surface area contributed by atoms with Gasteiger partial charge in [0.1, 0.15) is 5.82 Å². The van der Waals surface area contributed by atoms with E-state index in [1.807, 2.05) is 6.08 Å². The van der Waals surface area contributed by atoms with Gasteiger partial charge in [0.15, 0.2) is 0 Å². The Kier molecular flexibility index (Phi) is 3.15. The number of hydrogen-bond donors (Lipinski definition) is 1. The first-order valence-electron chi connectivity index (χ1n) is 6.67. The second-order valence-corrected chi connectivity index (χ2v) is 4.90. The molecule has 1 saturated heterocycles. The predicted molar refractivity (Wildman–Crippen MR) is 74.8 cm³/mol. The Morgan fingerprint density at radius 3 is 3.11 bits per heavy atom. The van der Waals surface area contributed by atoms with Crippen molar-refractivity contribution in [1.82, 2.24) is 14.9 Å². The number of nitrogens with one attached hydrogen (secondary N) is 1. The number of fused-ring (bicyclic) bond motifs is 1. The third-order valence-electron chi connectivity index (χ3n) is 3.66. The molecule has 2 heterocycles. The smallest absolute Gasteiger partial charge is 0.114 e. The average Bonchev–Trinajstić information content (AvgIpc) is 2.80. The van der Waals surface area contributed by atoms with Crippen molar-refractivity contribution in [3.05, 3.63) is 42.7 Å². The fourth-order valence-electron chi connectivity index (χ4n) is 2.80. The summed E-state index contributed by atoms with van der Waals surface area (Å²) in [5.74, 6) is 1.74. The van der Waals surface area contributed by atoms with Gasteiger partial charge in [0.05, 0.1) is 11.0 Å². The second kappa shape index (κ2) is 4.94. The summed E-state index contributed by atoms with van der Waals surface area (Å²) in [7, 11) is 0. The van der Waals surface area contributed by atoms with Gasteiger partial charge in [-0.3, -0.25) is 0 Å². The van der Waals surface area contributed by atoms with Gasteiger partial charge in [-0.25, -0.2) is 4.98 Å². The van der Waals surface area contributed by atoms with E-state index in [2.05, 4.69) is 40.7 Å². The van der Waals surface area contributed by atoms with Crippen LogP contribution in [0, 0.1) is 0 Å². The zero-order valence-corrected chi connectivity index (χ0v) is 10.6. The van der Waals surface area contributed by atoms with Gasteiger partial charge in [0.25, 0.3) is 0 Å². The SMILES string of the molecule is C=CCn1c(C2CCCNC2)nc2ccccc21. The van der Waals surface area contributed by atoms with Crippen molar-refractivity contribution in [2.75, 3.05) is 13.1 Å². The highest BCUT2D eigenvalue weighted by molar-refractivity contribution is 5.76. The van der Waals surface area contributed by atoms with Crippen LogP contribution in [0.2, 0.25) is 0 Å². The number of aromatic nitrogens is 2. The normalized spacial score (nSPS) is 20.1. The van der Waals surface area contributed by atoms with Crippen molar-refractivity contribution < 1.29 is 0 Å². The summed E-state index contributed by atoms with van der Waals surface area (Å²) in [6.45, 7) is 6.88. The maximum absolute atomic E-state index is 4.83. The molecular weight excluding hydrogens is 222 g/mol. The molecule has 1 aliphatic rings. The Morgan fingerprint density at radius 1 is 1.44 bits per heavy atom. The van der Waals surface area contributed by atoms with Gasteiger partial charge in [0.2, 0.25) is 0 Å². The van der Waals surface area contributed by atoms with Crippen LogP contribution >= 0.6 is 0 Å². The van der Waals surface area contributed by atoms with Crippen molar-refractivity contribution in [3.63, 3.8) is 0 Å². The summed E-state index contributed by atoms with van der Waals surface area (Å²) in [5.41, 5.74) is 2.32. The van der Waals surface area contributed by atoms with E-state index in [1.54, 1.807) is 0 Å². The van der Waals surface area contributed by atoms with Gasteiger partial charge in [-0.1, -0.05) is 18.2 Å². The molecule has 1 fully saturated rings. The molecule has 18 heavy (non-hydrogen) atoms. The van der Waals surface area contributed by atoms with Gasteiger partial charge in [0, 0.05) is 19.0 Å². The summed E-state index contributed by atoms with van der Waals surface area (Å²) in [6, 6.07) is 8.36. The minimum Gasteiger partial charge on any atom is -0.324 e. The monoisotopic (exact) mass is 241 g/mol. The fourth-order valence-corrected chi connectivity index (χ4v) is 2.80. The molecule has 3 nitrogen and oxygen atoms in total. The molecule has 1 aromatic heterocycles. The quantitative estimate of drug-likeness (QED) is 0.837. The Labute approximate surface area is 108 Å². The van der Waals surface area contributed by atoms with Crippen LogP contribution in [0.3, 0.4) is 0 Å². The Morgan fingerprint density at radius 2 is 2.33 bits per heavy atom. The van der Waals surface area contributed by atoms with E-state index in [9.17, 15) is 0 Å². The highest BCUT2D eigenvalue weighted by Crippen LogP contribution is 2.26. The van der Waals surface area contributed by atoms with Crippen LogP contribution in [-0.4, -0.2) is 22.6 Å². The summed E-state index contributed by atoms with van der Waals surface area (Å²) in [5, 5.41) is 3.47. The molecule has 0 saturated carbocycles. The highest BCUT2D eigenvalue weighted by Gasteiger charge is 2.21. The molecular formula is C15H19N3. The Bertz CT molecular complexity index is 550. The van der Waals surface area contributed by atoms with Crippen LogP contribution < -0.4 is 5.32 Å². The van der Waals surface area contributed by atoms with E-state index in [0.29, 0.717) is 5.92 Å². The molecule has 0 radical (unpaired) electrons. The van der Waals surface area contributed by atoms with E-state index in [1.165, 1.54) is 24.2 Å². The van der Waals surface area contributed by atoms with Gasteiger partial charge in [-0.15, -0.1) is 6.58 Å². The largest absolute Gasteiger partial charge is 0.324 e. The lowest BCUT2D eigenvalue weighted by molar-refractivity contribution is 0.438. The molecule has 94 valence electrons. The lowest BCUT2D eigenvalue weighted by atomic mass is 9.99. The summed E-state index contributed by atoms with van der Waals surface area (Å²) in [4.78, 5) is 4.83. The molecule has 0 aliphatic carbocycles. The third-order valence-corrected chi connectivity index (χ3v) is 3.66.